The van der Waals surface area contributed by atoms with Gasteiger partial charge in [0.25, 0.3) is 5.56 Å². The molecule has 134 valence electrons. The van der Waals surface area contributed by atoms with Crippen LogP contribution in [0.2, 0.25) is 0 Å². The van der Waals surface area contributed by atoms with E-state index in [0.717, 1.165) is 0 Å². The number of hydrogen-bond acceptors (Lipinski definition) is 3. The van der Waals surface area contributed by atoms with Gasteiger partial charge in [-0.25, -0.2) is 4.98 Å². The monoisotopic (exact) mass is 358 g/mol. The van der Waals surface area contributed by atoms with Crippen molar-refractivity contribution in [1.82, 2.24) is 14.5 Å². The number of benzene rings is 2. The molecule has 0 saturated heterocycles. The Morgan fingerprint density at radius 2 is 1.74 bits per heavy atom. The van der Waals surface area contributed by atoms with E-state index in [1.165, 1.54) is 0 Å². The molecule has 0 fully saturated rings. The molecule has 0 bridgehead atoms. The van der Waals surface area contributed by atoms with Crippen LogP contribution in [-0.2, 0) is 4.79 Å². The molecule has 2 N–H and O–H groups in total. The van der Waals surface area contributed by atoms with Gasteiger partial charge >= 0.3 is 0 Å². The number of carbonyl (C=O) groups is 1. The molecule has 1 atom stereocenters. The smallest absolute Gasteiger partial charge is 0.275 e. The molecular weight excluding hydrogens is 340 g/mol. The van der Waals surface area contributed by atoms with Gasteiger partial charge in [-0.2, -0.15) is 0 Å². The van der Waals surface area contributed by atoms with Crippen molar-refractivity contribution in [1.29, 1.82) is 0 Å². The number of fused-ring (bicyclic) bond motifs is 1. The lowest BCUT2D eigenvalue weighted by atomic mass is 10.1. The van der Waals surface area contributed by atoms with Gasteiger partial charge in [-0.05, 0) is 37.3 Å². The summed E-state index contributed by atoms with van der Waals surface area (Å²) in [5, 5.41) is 2.92. The fourth-order valence-corrected chi connectivity index (χ4v) is 2.99. The highest BCUT2D eigenvalue weighted by Crippen LogP contribution is 2.25. The Morgan fingerprint density at radius 3 is 2.56 bits per heavy atom. The summed E-state index contributed by atoms with van der Waals surface area (Å²) in [5.41, 5.74) is 2.47. The molecule has 4 rings (SSSR count). The van der Waals surface area contributed by atoms with Crippen LogP contribution >= 0.6 is 0 Å². The lowest BCUT2D eigenvalue weighted by Gasteiger charge is -2.16. The topological polar surface area (TPSA) is 79.8 Å². The first-order chi connectivity index (χ1) is 13.1. The zero-order valence-electron chi connectivity index (χ0n) is 14.7. The molecule has 1 amide bonds. The maximum atomic E-state index is 12.7. The van der Waals surface area contributed by atoms with Gasteiger partial charge in [-0.3, -0.25) is 9.59 Å². The minimum Gasteiger partial charge on any atom is -0.342 e. The first-order valence-electron chi connectivity index (χ1n) is 8.65. The van der Waals surface area contributed by atoms with E-state index in [1.807, 2.05) is 66.3 Å². The molecule has 0 aliphatic rings. The fraction of sp³-hybridized carbons (Fsp3) is 0.0952. The summed E-state index contributed by atoms with van der Waals surface area (Å²) in [4.78, 5) is 32.6. The molecule has 0 radical (unpaired) electrons. The maximum absolute atomic E-state index is 12.7. The van der Waals surface area contributed by atoms with Crippen LogP contribution in [0.15, 0.2) is 77.9 Å². The number of anilines is 1. The van der Waals surface area contributed by atoms with Gasteiger partial charge in [0, 0.05) is 18.0 Å². The maximum Gasteiger partial charge on any atom is 0.275 e. The van der Waals surface area contributed by atoms with Crippen LogP contribution in [0.3, 0.4) is 0 Å². The number of amides is 1. The molecule has 6 heteroatoms. The standard InChI is InChI=1S/C21H18N4O2/c1-14(25-12-6-7-13-25)20(26)23-16-9-3-2-8-15(16)19-21(27)24-18-11-5-4-10-17(18)22-19/h2-14H,1H3,(H,23,26)(H,24,27). The molecule has 0 aliphatic heterocycles. The lowest BCUT2D eigenvalue weighted by Crippen LogP contribution is -2.23. The van der Waals surface area contributed by atoms with E-state index in [9.17, 15) is 9.59 Å². The van der Waals surface area contributed by atoms with E-state index in [1.54, 1.807) is 18.2 Å². The molecule has 1 unspecified atom stereocenters. The second kappa shape index (κ2) is 6.92. The summed E-state index contributed by atoms with van der Waals surface area (Å²) in [5.74, 6) is -0.170. The Bertz CT molecular complexity index is 1160. The summed E-state index contributed by atoms with van der Waals surface area (Å²) in [6.45, 7) is 1.82. The summed E-state index contributed by atoms with van der Waals surface area (Å²) in [7, 11) is 0. The summed E-state index contributed by atoms with van der Waals surface area (Å²) in [6.07, 6.45) is 3.68. The first-order valence-corrected chi connectivity index (χ1v) is 8.65. The second-order valence-corrected chi connectivity index (χ2v) is 6.27. The number of para-hydroxylation sites is 3. The number of aromatic amines is 1. The Kier molecular flexibility index (Phi) is 4.30. The van der Waals surface area contributed by atoms with Gasteiger partial charge in [-0.15, -0.1) is 0 Å². The predicted molar refractivity (Wildman–Crippen MR) is 106 cm³/mol. The second-order valence-electron chi connectivity index (χ2n) is 6.27. The molecule has 0 spiro atoms. The van der Waals surface area contributed by atoms with E-state index in [0.29, 0.717) is 22.3 Å². The number of nitrogens with zero attached hydrogens (tertiary/aromatic N) is 2. The van der Waals surface area contributed by atoms with Crippen molar-refractivity contribution in [2.75, 3.05) is 5.32 Å². The molecule has 4 aromatic rings. The number of aromatic nitrogens is 3. The number of nitrogens with one attached hydrogen (secondary N) is 2. The van der Waals surface area contributed by atoms with Crippen molar-refractivity contribution >= 4 is 22.6 Å². The highest BCUT2D eigenvalue weighted by Gasteiger charge is 2.17. The third-order valence-electron chi connectivity index (χ3n) is 4.49. The average Bonchev–Trinajstić information content (AvgIpc) is 3.22. The molecule has 2 heterocycles. The third-order valence-corrected chi connectivity index (χ3v) is 4.49. The zero-order valence-corrected chi connectivity index (χ0v) is 14.7. The SMILES string of the molecule is CC(C(=O)Nc1ccccc1-c1nc2ccccc2[nH]c1=O)n1cccc1. The predicted octanol–water partition coefficient (Wildman–Crippen LogP) is 3.59. The van der Waals surface area contributed by atoms with Crippen LogP contribution in [0, 0.1) is 0 Å². The van der Waals surface area contributed by atoms with E-state index in [-0.39, 0.29) is 23.2 Å². The van der Waals surface area contributed by atoms with Crippen LogP contribution < -0.4 is 10.9 Å². The van der Waals surface area contributed by atoms with Crippen LogP contribution in [0.5, 0.6) is 0 Å². The summed E-state index contributed by atoms with van der Waals surface area (Å²) >= 11 is 0. The fourth-order valence-electron chi connectivity index (χ4n) is 2.99. The minimum atomic E-state index is -0.379. The van der Waals surface area contributed by atoms with Crippen molar-refractivity contribution < 1.29 is 4.79 Å². The number of H-pyrrole nitrogens is 1. The van der Waals surface area contributed by atoms with E-state index >= 15 is 0 Å². The first kappa shape index (κ1) is 16.8. The van der Waals surface area contributed by atoms with Crippen LogP contribution in [0.4, 0.5) is 5.69 Å². The lowest BCUT2D eigenvalue weighted by molar-refractivity contribution is -0.118. The average molecular weight is 358 g/mol. The van der Waals surface area contributed by atoms with E-state index in [2.05, 4.69) is 15.3 Å². The largest absolute Gasteiger partial charge is 0.342 e. The minimum absolute atomic E-state index is 0.170. The molecule has 27 heavy (non-hydrogen) atoms. The Balaban J connectivity index is 1.73. The normalized spacial score (nSPS) is 12.0. The van der Waals surface area contributed by atoms with Gasteiger partial charge < -0.3 is 14.9 Å². The van der Waals surface area contributed by atoms with Gasteiger partial charge in [0.05, 0.1) is 16.7 Å². The number of carbonyl (C=O) groups excluding carboxylic acids is 1. The third kappa shape index (κ3) is 3.25. The van der Waals surface area contributed by atoms with Crippen molar-refractivity contribution in [3.8, 4) is 11.3 Å². The van der Waals surface area contributed by atoms with Gasteiger partial charge in [0.1, 0.15) is 11.7 Å². The summed E-state index contributed by atoms with van der Waals surface area (Å²) < 4.78 is 1.82. The molecular formula is C21H18N4O2. The van der Waals surface area contributed by atoms with Gasteiger partial charge in [0.15, 0.2) is 0 Å². The Hall–Kier alpha value is -3.67. The van der Waals surface area contributed by atoms with Gasteiger partial charge in [0.2, 0.25) is 5.91 Å². The quantitative estimate of drug-likeness (QED) is 0.585. The molecule has 6 nitrogen and oxygen atoms in total. The van der Waals surface area contributed by atoms with Crippen LogP contribution in [-0.4, -0.2) is 20.4 Å². The Morgan fingerprint density at radius 1 is 1.04 bits per heavy atom. The summed E-state index contributed by atoms with van der Waals surface area (Å²) in [6, 6.07) is 17.9. The van der Waals surface area contributed by atoms with Gasteiger partial charge in [-0.1, -0.05) is 30.3 Å². The zero-order chi connectivity index (χ0) is 18.8. The molecule has 2 aromatic carbocycles. The molecule has 0 aliphatic carbocycles. The van der Waals surface area contributed by atoms with Crippen molar-refractivity contribution in [3.63, 3.8) is 0 Å². The van der Waals surface area contributed by atoms with E-state index in [4.69, 9.17) is 0 Å². The molecule has 0 saturated carbocycles. The number of hydrogen-bond donors (Lipinski definition) is 2. The van der Waals surface area contributed by atoms with Crippen LogP contribution in [0.1, 0.15) is 13.0 Å². The highest BCUT2D eigenvalue weighted by molar-refractivity contribution is 5.97. The van der Waals surface area contributed by atoms with Crippen molar-refractivity contribution in [3.05, 3.63) is 83.4 Å². The van der Waals surface area contributed by atoms with E-state index < -0.39 is 0 Å². The molecule has 2 aromatic heterocycles. The Labute approximate surface area is 155 Å². The van der Waals surface area contributed by atoms with Crippen LogP contribution in [0.25, 0.3) is 22.3 Å². The number of rotatable bonds is 4. The highest BCUT2D eigenvalue weighted by atomic mass is 16.2. The van der Waals surface area contributed by atoms with Crippen molar-refractivity contribution in [2.45, 2.75) is 13.0 Å². The van der Waals surface area contributed by atoms with Crippen molar-refractivity contribution in [2.24, 2.45) is 0 Å².